The molecule has 8 nitrogen and oxygen atoms in total. The van der Waals surface area contributed by atoms with E-state index >= 15 is 0 Å². The summed E-state index contributed by atoms with van der Waals surface area (Å²) in [6, 6.07) is 5.44. The molecule has 0 saturated heterocycles. The summed E-state index contributed by atoms with van der Waals surface area (Å²) < 4.78 is 5.06. The smallest absolute Gasteiger partial charge is 0.273 e. The molecule has 4 heterocycles. The van der Waals surface area contributed by atoms with Crippen molar-refractivity contribution in [2.24, 2.45) is 0 Å². The van der Waals surface area contributed by atoms with E-state index in [1.54, 1.807) is 18.3 Å². The highest BCUT2D eigenvalue weighted by atomic mass is 32.2. The molecule has 0 fully saturated rings. The maximum Gasteiger partial charge on any atom is 0.273 e. The number of hydrogen-bond donors (Lipinski definition) is 3. The number of amides is 2. The Kier molecular flexibility index (Phi) is 6.02. The molecule has 3 N–H and O–H groups in total. The lowest BCUT2D eigenvalue weighted by Crippen LogP contribution is -2.42. The van der Waals surface area contributed by atoms with Gasteiger partial charge < -0.3 is 9.40 Å². The summed E-state index contributed by atoms with van der Waals surface area (Å²) in [5.41, 5.74) is 5.75. The molecule has 4 aromatic rings. The normalized spacial score (nSPS) is 11.0. The van der Waals surface area contributed by atoms with E-state index in [-0.39, 0.29) is 17.2 Å². The quantitative estimate of drug-likeness (QED) is 0.380. The number of nitrogens with zero attached hydrogens (tertiary/aromatic N) is 1. The molecule has 2 amide bonds. The highest BCUT2D eigenvalue weighted by Gasteiger charge is 2.15. The molecule has 0 atom stereocenters. The van der Waals surface area contributed by atoms with Crippen molar-refractivity contribution in [3.8, 4) is 10.4 Å². The maximum absolute atomic E-state index is 12.6. The first kappa shape index (κ1) is 20.4. The third kappa shape index (κ3) is 4.32. The molecule has 154 valence electrons. The van der Waals surface area contributed by atoms with E-state index in [4.69, 9.17) is 4.42 Å². The van der Waals surface area contributed by atoms with Crippen LogP contribution in [0.4, 0.5) is 0 Å². The molecule has 0 saturated carbocycles. The number of hydrogen-bond acceptors (Lipinski definition) is 8. The zero-order chi connectivity index (χ0) is 21.1. The van der Waals surface area contributed by atoms with Gasteiger partial charge in [0, 0.05) is 15.8 Å². The van der Waals surface area contributed by atoms with Crippen molar-refractivity contribution in [1.82, 2.24) is 20.8 Å². The number of rotatable bonds is 6. The first-order chi connectivity index (χ1) is 14.5. The Morgan fingerprint density at radius 1 is 1.27 bits per heavy atom. The van der Waals surface area contributed by atoms with E-state index in [2.05, 4.69) is 20.8 Å². The van der Waals surface area contributed by atoms with Crippen LogP contribution in [0.2, 0.25) is 0 Å². The molecule has 0 spiro atoms. The Balaban J connectivity index is 1.33. The number of carbonyl (C=O) groups is 2. The van der Waals surface area contributed by atoms with E-state index in [0.29, 0.717) is 33.1 Å². The van der Waals surface area contributed by atoms with Gasteiger partial charge in [-0.05, 0) is 24.4 Å². The predicted molar refractivity (Wildman–Crippen MR) is 119 cm³/mol. The van der Waals surface area contributed by atoms with Crippen molar-refractivity contribution in [3.63, 3.8) is 0 Å². The number of carbonyl (C=O) groups excluding carboxylic acids is 2. The molecular formula is C19H16N4O4S3. The fourth-order valence-electron chi connectivity index (χ4n) is 2.77. The minimum atomic E-state index is -0.449. The van der Waals surface area contributed by atoms with E-state index in [1.165, 1.54) is 35.4 Å². The Morgan fingerprint density at radius 3 is 2.87 bits per heavy atom. The molecular weight excluding hydrogens is 444 g/mol. The number of furan rings is 1. The number of nitrogens with one attached hydrogen (secondary N) is 3. The monoisotopic (exact) mass is 460 g/mol. The fraction of sp³-hybridized carbons (Fsp3) is 0.158. The zero-order valence-electron chi connectivity index (χ0n) is 15.7. The number of aromatic amines is 1. The Labute approximate surface area is 182 Å². The van der Waals surface area contributed by atoms with Crippen LogP contribution < -0.4 is 16.4 Å². The van der Waals surface area contributed by atoms with Crippen molar-refractivity contribution in [2.45, 2.75) is 12.7 Å². The van der Waals surface area contributed by atoms with E-state index in [1.807, 2.05) is 22.9 Å². The second-order valence-corrected chi connectivity index (χ2v) is 9.00. The van der Waals surface area contributed by atoms with Crippen molar-refractivity contribution < 1.29 is 14.0 Å². The Bertz CT molecular complexity index is 1260. The molecule has 0 aliphatic heterocycles. The maximum atomic E-state index is 12.6. The minimum Gasteiger partial charge on any atom is -0.469 e. The van der Waals surface area contributed by atoms with Crippen LogP contribution in [0.1, 0.15) is 21.9 Å². The van der Waals surface area contributed by atoms with Gasteiger partial charge in [-0.1, -0.05) is 6.07 Å². The van der Waals surface area contributed by atoms with E-state index < -0.39 is 5.91 Å². The summed E-state index contributed by atoms with van der Waals surface area (Å²) in [4.78, 5) is 45.5. The SMILES string of the molecule is Cc1occc1C(=O)NNC(=O)CSCc1nc2scc(-c3cccs3)c2c(=O)[nH]1. The molecule has 0 radical (unpaired) electrons. The molecule has 4 aromatic heterocycles. The first-order valence-electron chi connectivity index (χ1n) is 8.78. The van der Waals surface area contributed by atoms with Crippen LogP contribution in [-0.4, -0.2) is 27.5 Å². The van der Waals surface area contributed by atoms with Crippen molar-refractivity contribution in [1.29, 1.82) is 0 Å². The molecule has 0 aliphatic carbocycles. The van der Waals surface area contributed by atoms with E-state index in [9.17, 15) is 14.4 Å². The highest BCUT2D eigenvalue weighted by molar-refractivity contribution is 7.99. The standard InChI is InChI=1S/C19H16N4O4S3/c1-10-11(4-5-27-10)17(25)23-22-15(24)9-28-8-14-20-18(26)16-12(7-30-19(16)21-14)13-3-2-6-29-13/h2-7H,8-9H2,1H3,(H,22,24)(H,23,25)(H,20,21,26). The van der Waals surface area contributed by atoms with Crippen LogP contribution in [0.5, 0.6) is 0 Å². The van der Waals surface area contributed by atoms with Crippen LogP contribution in [0, 0.1) is 6.92 Å². The summed E-state index contributed by atoms with van der Waals surface area (Å²) in [5, 5.41) is 4.49. The van der Waals surface area contributed by atoms with Gasteiger partial charge in [0.2, 0.25) is 5.91 Å². The average Bonchev–Trinajstić information content (AvgIpc) is 3.46. The third-order valence-corrected chi connectivity index (χ3v) is 6.89. The van der Waals surface area contributed by atoms with E-state index in [0.717, 1.165) is 10.4 Å². The van der Waals surface area contributed by atoms with Crippen LogP contribution >= 0.6 is 34.4 Å². The number of aromatic nitrogens is 2. The van der Waals surface area contributed by atoms with Gasteiger partial charge in [-0.3, -0.25) is 25.2 Å². The second kappa shape index (κ2) is 8.86. The number of aryl methyl sites for hydroxylation is 1. The summed E-state index contributed by atoms with van der Waals surface area (Å²) in [7, 11) is 0. The molecule has 0 unspecified atom stereocenters. The lowest BCUT2D eigenvalue weighted by atomic mass is 10.2. The van der Waals surface area contributed by atoms with Crippen LogP contribution in [-0.2, 0) is 10.5 Å². The highest BCUT2D eigenvalue weighted by Crippen LogP contribution is 2.33. The second-order valence-electron chi connectivity index (χ2n) is 6.21. The molecule has 0 bridgehead atoms. The molecule has 30 heavy (non-hydrogen) atoms. The molecule has 0 aliphatic rings. The number of thiophene rings is 2. The van der Waals surface area contributed by atoms with Gasteiger partial charge in [-0.2, -0.15) is 0 Å². The summed E-state index contributed by atoms with van der Waals surface area (Å²) in [5.74, 6) is 0.612. The lowest BCUT2D eigenvalue weighted by molar-refractivity contribution is -0.119. The summed E-state index contributed by atoms with van der Waals surface area (Å²) in [6.45, 7) is 1.66. The first-order valence-corrected chi connectivity index (χ1v) is 11.7. The van der Waals surface area contributed by atoms with Gasteiger partial charge in [0.15, 0.2) is 0 Å². The predicted octanol–water partition coefficient (Wildman–Crippen LogP) is 3.31. The molecule has 0 aromatic carbocycles. The van der Waals surface area contributed by atoms with Gasteiger partial charge >= 0.3 is 0 Å². The van der Waals surface area contributed by atoms with Gasteiger partial charge in [-0.25, -0.2) is 4.98 Å². The topological polar surface area (TPSA) is 117 Å². The fourth-order valence-corrected chi connectivity index (χ4v) is 5.24. The van der Waals surface area contributed by atoms with Gasteiger partial charge in [0.25, 0.3) is 11.5 Å². The number of thioether (sulfide) groups is 1. The summed E-state index contributed by atoms with van der Waals surface area (Å²) in [6.07, 6.45) is 1.41. The van der Waals surface area contributed by atoms with Gasteiger partial charge in [0.1, 0.15) is 16.4 Å². The lowest BCUT2D eigenvalue weighted by Gasteiger charge is -2.06. The Morgan fingerprint density at radius 2 is 2.13 bits per heavy atom. The van der Waals surface area contributed by atoms with Crippen LogP contribution in [0.25, 0.3) is 20.7 Å². The van der Waals surface area contributed by atoms with Gasteiger partial charge in [0.05, 0.1) is 28.7 Å². The summed E-state index contributed by atoms with van der Waals surface area (Å²) >= 11 is 4.28. The Hall–Kier alpha value is -2.89. The van der Waals surface area contributed by atoms with Gasteiger partial charge in [-0.15, -0.1) is 34.4 Å². The molecule has 11 heteroatoms. The van der Waals surface area contributed by atoms with Crippen LogP contribution in [0.3, 0.4) is 0 Å². The zero-order valence-corrected chi connectivity index (χ0v) is 18.1. The number of fused-ring (bicyclic) bond motifs is 1. The third-order valence-electron chi connectivity index (χ3n) is 4.17. The number of H-pyrrole nitrogens is 1. The minimum absolute atomic E-state index is 0.0945. The molecule has 4 rings (SSSR count). The average molecular weight is 461 g/mol. The van der Waals surface area contributed by atoms with Crippen molar-refractivity contribution in [3.05, 3.63) is 62.7 Å². The van der Waals surface area contributed by atoms with Crippen LogP contribution in [0.15, 0.2) is 44.4 Å². The van der Waals surface area contributed by atoms with Crippen molar-refractivity contribution >= 4 is 56.5 Å². The number of hydrazine groups is 1. The largest absolute Gasteiger partial charge is 0.469 e. The van der Waals surface area contributed by atoms with Crippen molar-refractivity contribution in [2.75, 3.05) is 5.75 Å².